The van der Waals surface area contributed by atoms with Gasteiger partial charge in [0, 0.05) is 19.7 Å². The fourth-order valence-electron chi connectivity index (χ4n) is 1.66. The number of amides is 1. The van der Waals surface area contributed by atoms with Gasteiger partial charge in [0.05, 0.1) is 5.02 Å². The minimum absolute atomic E-state index is 0.0550. The topological polar surface area (TPSA) is 92.3 Å². The maximum atomic E-state index is 12.2. The normalized spacial score (nSPS) is 11.7. The van der Waals surface area contributed by atoms with E-state index in [4.69, 9.17) is 11.6 Å². The predicted molar refractivity (Wildman–Crippen MR) is 89.6 cm³/mol. The highest BCUT2D eigenvalue weighted by Crippen LogP contribution is 2.25. The summed E-state index contributed by atoms with van der Waals surface area (Å²) in [5.41, 5.74) is 0.170. The molecule has 1 N–H and O–H groups in total. The Morgan fingerprint density at radius 1 is 1.35 bits per heavy atom. The fourth-order valence-corrected chi connectivity index (χ4v) is 3.72. The summed E-state index contributed by atoms with van der Waals surface area (Å²) in [7, 11) is -0.951. The summed E-state index contributed by atoms with van der Waals surface area (Å²) >= 11 is 7.22. The SMILES string of the molecule is CCc1nnc(NC(=O)c2ccc(Cl)c(S(=O)(=O)N(C)C)c2)s1. The summed E-state index contributed by atoms with van der Waals surface area (Å²) in [5, 5.41) is 11.6. The highest BCUT2D eigenvalue weighted by molar-refractivity contribution is 7.89. The van der Waals surface area contributed by atoms with E-state index in [1.807, 2.05) is 6.92 Å². The molecule has 0 aliphatic heterocycles. The van der Waals surface area contributed by atoms with Crippen molar-refractivity contribution in [3.63, 3.8) is 0 Å². The van der Waals surface area contributed by atoms with Gasteiger partial charge in [-0.15, -0.1) is 10.2 Å². The quantitative estimate of drug-likeness (QED) is 0.866. The van der Waals surface area contributed by atoms with E-state index < -0.39 is 15.9 Å². The third-order valence-electron chi connectivity index (χ3n) is 2.94. The highest BCUT2D eigenvalue weighted by Gasteiger charge is 2.22. The largest absolute Gasteiger partial charge is 0.296 e. The smallest absolute Gasteiger partial charge is 0.257 e. The van der Waals surface area contributed by atoms with E-state index in [9.17, 15) is 13.2 Å². The molecule has 0 saturated carbocycles. The second kappa shape index (κ2) is 6.91. The van der Waals surface area contributed by atoms with E-state index >= 15 is 0 Å². The van der Waals surface area contributed by atoms with Gasteiger partial charge in [0.15, 0.2) is 0 Å². The van der Waals surface area contributed by atoms with Gasteiger partial charge in [-0.2, -0.15) is 0 Å². The van der Waals surface area contributed by atoms with Crippen LogP contribution in [0.15, 0.2) is 23.1 Å². The first-order valence-electron chi connectivity index (χ1n) is 6.61. The molecule has 0 aliphatic rings. The fraction of sp³-hybridized carbons (Fsp3) is 0.308. The molecule has 1 aromatic heterocycles. The molecule has 2 rings (SSSR count). The van der Waals surface area contributed by atoms with Crippen LogP contribution in [-0.2, 0) is 16.4 Å². The van der Waals surface area contributed by atoms with Crippen LogP contribution in [0.2, 0.25) is 5.02 Å². The summed E-state index contributed by atoms with van der Waals surface area (Å²) < 4.78 is 25.5. The van der Waals surface area contributed by atoms with Crippen molar-refractivity contribution in [2.45, 2.75) is 18.2 Å². The lowest BCUT2D eigenvalue weighted by molar-refractivity contribution is 0.102. The summed E-state index contributed by atoms with van der Waals surface area (Å²) in [5.74, 6) is -0.476. The zero-order valence-corrected chi connectivity index (χ0v) is 15.1. The second-order valence-electron chi connectivity index (χ2n) is 4.74. The van der Waals surface area contributed by atoms with Gasteiger partial charge >= 0.3 is 0 Å². The van der Waals surface area contributed by atoms with Crippen LogP contribution >= 0.6 is 22.9 Å². The molecule has 1 amide bonds. The summed E-state index contributed by atoms with van der Waals surface area (Å²) in [6.07, 6.45) is 0.722. The molecule has 0 unspecified atom stereocenters. The van der Waals surface area contributed by atoms with Gasteiger partial charge in [-0.3, -0.25) is 10.1 Å². The van der Waals surface area contributed by atoms with E-state index in [-0.39, 0.29) is 15.5 Å². The van der Waals surface area contributed by atoms with Crippen LogP contribution < -0.4 is 5.32 Å². The van der Waals surface area contributed by atoms with Gasteiger partial charge in [0.25, 0.3) is 5.91 Å². The second-order valence-corrected chi connectivity index (χ2v) is 8.33. The standard InChI is InChI=1S/C13H15ClN4O3S2/c1-4-11-16-17-13(22-11)15-12(19)8-5-6-9(14)10(7-8)23(20,21)18(2)3/h5-7H,4H2,1-3H3,(H,15,17,19). The lowest BCUT2D eigenvalue weighted by Gasteiger charge is -2.13. The third kappa shape index (κ3) is 3.86. The maximum Gasteiger partial charge on any atom is 0.257 e. The molecule has 0 fully saturated rings. The number of carbonyl (C=O) groups excluding carboxylic acids is 1. The van der Waals surface area contributed by atoms with E-state index in [1.165, 1.54) is 43.6 Å². The predicted octanol–water partition coefficient (Wildman–Crippen LogP) is 2.26. The molecule has 2 aromatic rings. The summed E-state index contributed by atoms with van der Waals surface area (Å²) in [6, 6.07) is 4.08. The first kappa shape index (κ1) is 17.8. The molecule has 0 aliphatic carbocycles. The lowest BCUT2D eigenvalue weighted by Crippen LogP contribution is -2.23. The molecule has 1 aromatic carbocycles. The molecule has 0 saturated heterocycles. The van der Waals surface area contributed by atoms with Crippen LogP contribution in [0.4, 0.5) is 5.13 Å². The third-order valence-corrected chi connectivity index (χ3v) is 6.22. The van der Waals surface area contributed by atoms with Crippen molar-refractivity contribution in [2.24, 2.45) is 0 Å². The Hall–Kier alpha value is -1.55. The number of nitrogens with zero attached hydrogens (tertiary/aromatic N) is 3. The van der Waals surface area contributed by atoms with Gasteiger partial charge in [-0.05, 0) is 24.6 Å². The number of nitrogens with one attached hydrogen (secondary N) is 1. The number of anilines is 1. The first-order chi connectivity index (χ1) is 10.8. The zero-order chi connectivity index (χ0) is 17.2. The van der Waals surface area contributed by atoms with Gasteiger partial charge in [0.1, 0.15) is 9.90 Å². The zero-order valence-electron chi connectivity index (χ0n) is 12.7. The van der Waals surface area contributed by atoms with Gasteiger partial charge < -0.3 is 0 Å². The Balaban J connectivity index is 2.31. The molecule has 0 radical (unpaired) electrons. The van der Waals surface area contributed by atoms with Crippen LogP contribution in [0, 0.1) is 0 Å². The number of sulfonamides is 1. The molecule has 0 spiro atoms. The van der Waals surface area contributed by atoms with Gasteiger partial charge in [-0.1, -0.05) is 29.9 Å². The van der Waals surface area contributed by atoms with Gasteiger partial charge in [-0.25, -0.2) is 12.7 Å². The molecular weight excluding hydrogens is 360 g/mol. The molecule has 0 atom stereocenters. The lowest BCUT2D eigenvalue weighted by atomic mass is 10.2. The molecule has 1 heterocycles. The number of hydrogen-bond donors (Lipinski definition) is 1. The Morgan fingerprint density at radius 3 is 2.61 bits per heavy atom. The van der Waals surface area contributed by atoms with E-state index in [0.29, 0.717) is 5.13 Å². The summed E-state index contributed by atoms with van der Waals surface area (Å²) in [4.78, 5) is 12.1. The number of hydrogen-bond acceptors (Lipinski definition) is 6. The van der Waals surface area contributed by atoms with Crippen LogP contribution in [0.25, 0.3) is 0 Å². The Bertz CT molecular complexity index is 833. The minimum atomic E-state index is -3.74. The van der Waals surface area contributed by atoms with Crippen LogP contribution in [0.3, 0.4) is 0 Å². The van der Waals surface area contributed by atoms with Gasteiger partial charge in [0.2, 0.25) is 15.2 Å². The number of aryl methyl sites for hydroxylation is 1. The van der Waals surface area contributed by atoms with Crippen molar-refractivity contribution in [2.75, 3.05) is 19.4 Å². The number of aromatic nitrogens is 2. The molecule has 124 valence electrons. The van der Waals surface area contributed by atoms with E-state index in [1.54, 1.807) is 0 Å². The Morgan fingerprint density at radius 2 is 2.04 bits per heavy atom. The molecular formula is C13H15ClN4O3S2. The van der Waals surface area contributed by atoms with Crippen LogP contribution in [0.5, 0.6) is 0 Å². The monoisotopic (exact) mass is 374 g/mol. The van der Waals surface area contributed by atoms with Crippen molar-refractivity contribution in [3.05, 3.63) is 33.8 Å². The Labute approximate surface area is 143 Å². The van der Waals surface area contributed by atoms with Crippen molar-refractivity contribution in [1.82, 2.24) is 14.5 Å². The molecule has 0 bridgehead atoms. The van der Waals surface area contributed by atoms with E-state index in [2.05, 4.69) is 15.5 Å². The van der Waals surface area contributed by atoms with Crippen molar-refractivity contribution >= 4 is 44.0 Å². The number of rotatable bonds is 5. The summed E-state index contributed by atoms with van der Waals surface area (Å²) in [6.45, 7) is 1.93. The molecule has 7 nitrogen and oxygen atoms in total. The van der Waals surface area contributed by atoms with Crippen molar-refractivity contribution < 1.29 is 13.2 Å². The average molecular weight is 375 g/mol. The van der Waals surface area contributed by atoms with Crippen LogP contribution in [0.1, 0.15) is 22.3 Å². The number of carbonyl (C=O) groups is 1. The van der Waals surface area contributed by atoms with Crippen molar-refractivity contribution in [1.29, 1.82) is 0 Å². The Kier molecular flexibility index (Phi) is 5.35. The average Bonchev–Trinajstić information content (AvgIpc) is 2.94. The highest BCUT2D eigenvalue weighted by atomic mass is 35.5. The van der Waals surface area contributed by atoms with Crippen molar-refractivity contribution in [3.8, 4) is 0 Å². The maximum absolute atomic E-state index is 12.2. The first-order valence-corrected chi connectivity index (χ1v) is 9.25. The molecule has 10 heteroatoms. The minimum Gasteiger partial charge on any atom is -0.296 e. The van der Waals surface area contributed by atoms with E-state index in [0.717, 1.165) is 15.7 Å². The molecule has 23 heavy (non-hydrogen) atoms. The number of halogens is 1. The number of benzene rings is 1. The van der Waals surface area contributed by atoms with Crippen LogP contribution in [-0.4, -0.2) is 42.9 Å².